The van der Waals surface area contributed by atoms with Gasteiger partial charge in [0, 0.05) is 18.5 Å². The fourth-order valence-corrected chi connectivity index (χ4v) is 1.95. The van der Waals surface area contributed by atoms with Gasteiger partial charge in [-0.05, 0) is 25.5 Å². The van der Waals surface area contributed by atoms with Crippen molar-refractivity contribution in [2.45, 2.75) is 13.8 Å². The van der Waals surface area contributed by atoms with E-state index >= 15 is 0 Å². The summed E-state index contributed by atoms with van der Waals surface area (Å²) in [5, 5.41) is 6.15. The van der Waals surface area contributed by atoms with Gasteiger partial charge >= 0.3 is 0 Å². The summed E-state index contributed by atoms with van der Waals surface area (Å²) in [6.07, 6.45) is 2.90. The molecule has 7 heteroatoms. The molecule has 0 aliphatic rings. The molecule has 0 fully saturated rings. The lowest BCUT2D eigenvalue weighted by Gasteiger charge is -2.04. The van der Waals surface area contributed by atoms with Crippen LogP contribution in [0.5, 0.6) is 0 Å². The maximum absolute atomic E-state index is 12.3. The number of carbonyl (C=O) groups is 1. The first kappa shape index (κ1) is 13.0. The lowest BCUT2D eigenvalue weighted by Crippen LogP contribution is -2.26. The largest absolute Gasteiger partial charge is 0.360 e. The van der Waals surface area contributed by atoms with Crippen LogP contribution in [0.4, 0.5) is 5.82 Å². The van der Waals surface area contributed by atoms with Crippen molar-refractivity contribution in [2.24, 2.45) is 0 Å². The predicted molar refractivity (Wildman–Crippen MR) is 75.4 cm³/mol. The van der Waals surface area contributed by atoms with Gasteiger partial charge in [0.15, 0.2) is 5.82 Å². The number of aryl methyl sites for hydroxylation is 2. The van der Waals surface area contributed by atoms with Crippen molar-refractivity contribution in [3.8, 4) is 0 Å². The summed E-state index contributed by atoms with van der Waals surface area (Å²) in [7, 11) is 0. The number of carbonyl (C=O) groups excluding carboxylic acids is 1. The fourth-order valence-electron chi connectivity index (χ4n) is 1.95. The molecule has 0 atom stereocenters. The van der Waals surface area contributed by atoms with E-state index in [2.05, 4.69) is 15.5 Å². The number of pyridine rings is 1. The zero-order valence-electron chi connectivity index (χ0n) is 11.5. The molecule has 0 saturated heterocycles. The molecule has 21 heavy (non-hydrogen) atoms. The Kier molecular flexibility index (Phi) is 3.02. The highest BCUT2D eigenvalue weighted by molar-refractivity contribution is 6.03. The fraction of sp³-hybridized carbons (Fsp3) is 0.143. The zero-order valence-corrected chi connectivity index (χ0v) is 11.5. The van der Waals surface area contributed by atoms with Crippen LogP contribution in [0.25, 0.3) is 5.65 Å². The third-order valence-corrected chi connectivity index (χ3v) is 2.96. The number of amides is 1. The second-order valence-electron chi connectivity index (χ2n) is 4.69. The molecule has 1 amide bonds. The van der Waals surface area contributed by atoms with Gasteiger partial charge < -0.3 is 9.84 Å². The summed E-state index contributed by atoms with van der Waals surface area (Å²) in [5.74, 6) is 0.247. The summed E-state index contributed by atoms with van der Waals surface area (Å²) in [6, 6.07) is 5.13. The highest BCUT2D eigenvalue weighted by Crippen LogP contribution is 2.08. The van der Waals surface area contributed by atoms with Crippen LogP contribution < -0.4 is 10.9 Å². The van der Waals surface area contributed by atoms with Gasteiger partial charge in [0.1, 0.15) is 17.0 Å². The van der Waals surface area contributed by atoms with Crippen LogP contribution >= 0.6 is 0 Å². The molecular weight excluding hydrogens is 272 g/mol. The lowest BCUT2D eigenvalue weighted by molar-refractivity contribution is 0.102. The number of hydrogen-bond acceptors (Lipinski definition) is 5. The smallest absolute Gasteiger partial charge is 0.270 e. The van der Waals surface area contributed by atoms with Crippen LogP contribution in [0.15, 0.2) is 39.9 Å². The maximum atomic E-state index is 12.3. The topological polar surface area (TPSA) is 89.5 Å². The van der Waals surface area contributed by atoms with Crippen LogP contribution in [0.3, 0.4) is 0 Å². The average molecular weight is 284 g/mol. The summed E-state index contributed by atoms with van der Waals surface area (Å²) in [4.78, 5) is 28.6. The standard InChI is InChI=1S/C14H12N4O3/c1-8-3-4-12-15-6-10(14(20)18(12)7-8)13(19)16-11-5-9(2)21-17-11/h3-7H,1-2H3,(H,16,17,19). The van der Waals surface area contributed by atoms with Gasteiger partial charge in [-0.2, -0.15) is 0 Å². The van der Waals surface area contributed by atoms with E-state index in [1.165, 1.54) is 10.6 Å². The van der Waals surface area contributed by atoms with E-state index in [4.69, 9.17) is 4.52 Å². The van der Waals surface area contributed by atoms with Crippen LogP contribution in [0, 0.1) is 13.8 Å². The number of aromatic nitrogens is 3. The Morgan fingerprint density at radius 3 is 2.86 bits per heavy atom. The third-order valence-electron chi connectivity index (χ3n) is 2.96. The number of anilines is 1. The molecule has 0 aliphatic carbocycles. The maximum Gasteiger partial charge on any atom is 0.270 e. The van der Waals surface area contributed by atoms with Crippen LogP contribution in [0.2, 0.25) is 0 Å². The van der Waals surface area contributed by atoms with Gasteiger partial charge in [0.05, 0.1) is 0 Å². The summed E-state index contributed by atoms with van der Waals surface area (Å²) >= 11 is 0. The Morgan fingerprint density at radius 1 is 1.33 bits per heavy atom. The molecule has 106 valence electrons. The van der Waals surface area contributed by atoms with Crippen molar-refractivity contribution in [1.29, 1.82) is 0 Å². The minimum absolute atomic E-state index is 0.0567. The number of fused-ring (bicyclic) bond motifs is 1. The Hall–Kier alpha value is -2.96. The Balaban J connectivity index is 2.02. The monoisotopic (exact) mass is 284 g/mol. The zero-order chi connectivity index (χ0) is 15.0. The quantitative estimate of drug-likeness (QED) is 0.771. The first-order chi connectivity index (χ1) is 10.0. The van der Waals surface area contributed by atoms with Gasteiger partial charge in [-0.3, -0.25) is 14.0 Å². The SMILES string of the molecule is Cc1ccc2ncc(C(=O)Nc3cc(C)on3)c(=O)n2c1. The van der Waals surface area contributed by atoms with E-state index in [0.29, 0.717) is 11.4 Å². The molecule has 0 aliphatic heterocycles. The third kappa shape index (κ3) is 2.40. The van der Waals surface area contributed by atoms with E-state index in [-0.39, 0.29) is 11.4 Å². The predicted octanol–water partition coefficient (Wildman–Crippen LogP) is 1.55. The van der Waals surface area contributed by atoms with Gasteiger partial charge in [-0.1, -0.05) is 11.2 Å². The first-order valence-electron chi connectivity index (χ1n) is 6.27. The highest BCUT2D eigenvalue weighted by atomic mass is 16.5. The van der Waals surface area contributed by atoms with Crippen LogP contribution in [0.1, 0.15) is 21.7 Å². The summed E-state index contributed by atoms with van der Waals surface area (Å²) in [5.41, 5.74) is 0.899. The minimum Gasteiger partial charge on any atom is -0.360 e. The van der Waals surface area contributed by atoms with E-state index in [0.717, 1.165) is 5.56 Å². The van der Waals surface area contributed by atoms with Gasteiger partial charge in [0.2, 0.25) is 0 Å². The molecule has 0 bridgehead atoms. The lowest BCUT2D eigenvalue weighted by atomic mass is 10.2. The normalized spacial score (nSPS) is 10.8. The minimum atomic E-state index is -0.572. The first-order valence-corrected chi connectivity index (χ1v) is 6.27. The molecule has 3 aromatic rings. The number of hydrogen-bond donors (Lipinski definition) is 1. The Morgan fingerprint density at radius 2 is 2.14 bits per heavy atom. The van der Waals surface area contributed by atoms with Gasteiger partial charge in [0.25, 0.3) is 11.5 Å². The van der Waals surface area contributed by atoms with Crippen molar-refractivity contribution in [3.05, 3.63) is 57.8 Å². The van der Waals surface area contributed by atoms with Gasteiger partial charge in [-0.25, -0.2) is 4.98 Å². The molecule has 3 rings (SSSR count). The number of nitrogens with one attached hydrogen (secondary N) is 1. The Bertz CT molecular complexity index is 895. The molecular formula is C14H12N4O3. The van der Waals surface area contributed by atoms with Crippen molar-refractivity contribution in [3.63, 3.8) is 0 Å². The molecule has 1 N–H and O–H groups in total. The molecule has 0 spiro atoms. The second kappa shape index (κ2) is 4.86. The average Bonchev–Trinajstić information content (AvgIpc) is 2.85. The van der Waals surface area contributed by atoms with Crippen molar-refractivity contribution >= 4 is 17.4 Å². The highest BCUT2D eigenvalue weighted by Gasteiger charge is 2.15. The summed E-state index contributed by atoms with van der Waals surface area (Å²) in [6.45, 7) is 3.56. The Labute approximate surface area is 119 Å². The molecule has 0 saturated carbocycles. The molecule has 0 unspecified atom stereocenters. The van der Waals surface area contributed by atoms with Crippen molar-refractivity contribution in [2.75, 3.05) is 5.32 Å². The van der Waals surface area contributed by atoms with Crippen LogP contribution in [-0.4, -0.2) is 20.4 Å². The number of nitrogens with zero attached hydrogens (tertiary/aromatic N) is 3. The van der Waals surface area contributed by atoms with E-state index < -0.39 is 11.5 Å². The molecule has 0 radical (unpaired) electrons. The molecule has 3 aromatic heterocycles. The van der Waals surface area contributed by atoms with E-state index in [9.17, 15) is 9.59 Å². The molecule has 7 nitrogen and oxygen atoms in total. The van der Waals surface area contributed by atoms with E-state index in [1.807, 2.05) is 13.0 Å². The number of rotatable bonds is 2. The van der Waals surface area contributed by atoms with Crippen LogP contribution in [-0.2, 0) is 0 Å². The van der Waals surface area contributed by atoms with Crippen molar-refractivity contribution < 1.29 is 9.32 Å². The summed E-state index contributed by atoms with van der Waals surface area (Å²) < 4.78 is 6.20. The molecule has 3 heterocycles. The van der Waals surface area contributed by atoms with E-state index in [1.54, 1.807) is 25.3 Å². The van der Waals surface area contributed by atoms with Gasteiger partial charge in [-0.15, -0.1) is 0 Å². The van der Waals surface area contributed by atoms with Crippen molar-refractivity contribution in [1.82, 2.24) is 14.5 Å². The second-order valence-corrected chi connectivity index (χ2v) is 4.69. The molecule has 0 aromatic carbocycles.